The molecule has 0 saturated carbocycles. The number of rotatable bonds is 4. The Bertz CT molecular complexity index is 1060. The van der Waals surface area contributed by atoms with E-state index in [0.717, 1.165) is 70.6 Å². The van der Waals surface area contributed by atoms with Crippen molar-refractivity contribution in [1.82, 2.24) is 14.5 Å². The molecule has 4 rings (SSSR count). The van der Waals surface area contributed by atoms with Crippen LogP contribution in [-0.4, -0.2) is 33.9 Å². The lowest BCUT2D eigenvalue weighted by molar-refractivity contribution is -0.111. The average molecular weight is 455 g/mol. The van der Waals surface area contributed by atoms with Gasteiger partial charge in [0.15, 0.2) is 5.65 Å². The van der Waals surface area contributed by atoms with E-state index in [1.54, 1.807) is 0 Å². The minimum atomic E-state index is 0.172. The second-order valence-electron chi connectivity index (χ2n) is 8.30. The van der Waals surface area contributed by atoms with E-state index >= 15 is 0 Å². The topological polar surface area (TPSA) is 51.0 Å². The first-order valence-corrected chi connectivity index (χ1v) is 11.0. The van der Waals surface area contributed by atoms with Crippen molar-refractivity contribution in [2.24, 2.45) is 5.92 Å². The summed E-state index contributed by atoms with van der Waals surface area (Å²) in [6.07, 6.45) is 5.01. The van der Waals surface area contributed by atoms with E-state index in [1.165, 1.54) is 5.56 Å². The van der Waals surface area contributed by atoms with E-state index in [9.17, 15) is 4.79 Å². The van der Waals surface area contributed by atoms with Gasteiger partial charge in [0, 0.05) is 29.7 Å². The summed E-state index contributed by atoms with van der Waals surface area (Å²) >= 11 is 3.77. The quantitative estimate of drug-likeness (QED) is 0.499. The second kappa shape index (κ2) is 7.90. The highest BCUT2D eigenvalue weighted by atomic mass is 79.9. The van der Waals surface area contributed by atoms with Gasteiger partial charge in [0.25, 0.3) is 0 Å². The Kier molecular flexibility index (Phi) is 5.47. The number of piperidine rings is 1. The predicted octanol–water partition coefficient (Wildman–Crippen LogP) is 5.34. The molecule has 0 atom stereocenters. The summed E-state index contributed by atoms with van der Waals surface area (Å²) in [6, 6.07) is 6.54. The van der Waals surface area contributed by atoms with Gasteiger partial charge in [-0.05, 0) is 71.8 Å². The fourth-order valence-corrected chi connectivity index (χ4v) is 4.71. The van der Waals surface area contributed by atoms with Gasteiger partial charge >= 0.3 is 0 Å². The van der Waals surface area contributed by atoms with Gasteiger partial charge in [0.1, 0.15) is 17.9 Å². The lowest BCUT2D eigenvalue weighted by atomic mass is 9.98. The van der Waals surface area contributed by atoms with Crippen molar-refractivity contribution in [3.05, 3.63) is 45.8 Å². The molecule has 1 fully saturated rings. The maximum absolute atomic E-state index is 11.1. The van der Waals surface area contributed by atoms with E-state index in [2.05, 4.69) is 70.6 Å². The van der Waals surface area contributed by atoms with Crippen molar-refractivity contribution in [3.8, 4) is 5.69 Å². The third-order valence-corrected chi connectivity index (χ3v) is 6.49. The third-order valence-electron chi connectivity index (χ3n) is 5.86. The smallest absolute Gasteiger partial charge is 0.150 e. The summed E-state index contributed by atoms with van der Waals surface area (Å²) in [4.78, 5) is 23.1. The van der Waals surface area contributed by atoms with Crippen LogP contribution in [-0.2, 0) is 4.79 Å². The van der Waals surface area contributed by atoms with E-state index in [4.69, 9.17) is 9.97 Å². The zero-order valence-corrected chi connectivity index (χ0v) is 19.0. The van der Waals surface area contributed by atoms with E-state index in [1.807, 2.05) is 6.92 Å². The van der Waals surface area contributed by atoms with Crippen LogP contribution in [0, 0.1) is 19.8 Å². The fourth-order valence-electron chi connectivity index (χ4n) is 4.13. The van der Waals surface area contributed by atoms with Crippen LogP contribution in [0.5, 0.6) is 0 Å². The molecule has 1 aliphatic heterocycles. The first-order chi connectivity index (χ1) is 13.9. The van der Waals surface area contributed by atoms with Gasteiger partial charge in [-0.1, -0.05) is 19.9 Å². The summed E-state index contributed by atoms with van der Waals surface area (Å²) < 4.78 is 3.22. The summed E-state index contributed by atoms with van der Waals surface area (Å²) in [6.45, 7) is 10.2. The summed E-state index contributed by atoms with van der Waals surface area (Å²) in [5.41, 5.74) is 4.47. The molecular formula is C23H27BrN4O. The summed E-state index contributed by atoms with van der Waals surface area (Å²) in [5, 5.41) is 1.10. The standard InChI is InChI=1S/C23H27BrN4O/c1-14(2)18-5-6-20(19(24)11-18)28-12-15(3)21-22(25-16(4)26-23(21)28)27-9-7-17(13-29)8-10-27/h5-6,11-14,17H,7-10H2,1-4H3. The van der Waals surface area contributed by atoms with Crippen molar-refractivity contribution >= 4 is 39.1 Å². The van der Waals surface area contributed by atoms with Crippen LogP contribution in [0.25, 0.3) is 16.7 Å². The number of anilines is 1. The number of nitrogens with zero attached hydrogens (tertiary/aromatic N) is 4. The van der Waals surface area contributed by atoms with Crippen molar-refractivity contribution in [2.45, 2.75) is 46.5 Å². The number of fused-ring (bicyclic) bond motifs is 1. The molecule has 0 bridgehead atoms. The number of carbonyl (C=O) groups is 1. The second-order valence-corrected chi connectivity index (χ2v) is 9.16. The van der Waals surface area contributed by atoms with E-state index < -0.39 is 0 Å². The molecule has 6 heteroatoms. The van der Waals surface area contributed by atoms with Gasteiger partial charge in [-0.3, -0.25) is 4.57 Å². The molecule has 5 nitrogen and oxygen atoms in total. The first kappa shape index (κ1) is 20.1. The normalized spacial score (nSPS) is 15.4. The molecule has 29 heavy (non-hydrogen) atoms. The van der Waals surface area contributed by atoms with Crippen molar-refractivity contribution < 1.29 is 4.79 Å². The largest absolute Gasteiger partial charge is 0.356 e. The highest BCUT2D eigenvalue weighted by Crippen LogP contribution is 2.35. The van der Waals surface area contributed by atoms with Crippen LogP contribution in [0.2, 0.25) is 0 Å². The molecule has 1 saturated heterocycles. The molecule has 3 aromatic rings. The van der Waals surface area contributed by atoms with Crippen LogP contribution in [0.1, 0.15) is 49.6 Å². The lowest BCUT2D eigenvalue weighted by Gasteiger charge is -2.31. The summed E-state index contributed by atoms with van der Waals surface area (Å²) in [7, 11) is 0. The first-order valence-electron chi connectivity index (χ1n) is 10.3. The van der Waals surface area contributed by atoms with Crippen LogP contribution >= 0.6 is 15.9 Å². The highest BCUT2D eigenvalue weighted by molar-refractivity contribution is 9.10. The molecule has 0 N–H and O–H groups in total. The maximum atomic E-state index is 11.1. The number of aryl methyl sites for hydroxylation is 2. The molecule has 152 valence electrons. The number of hydrogen-bond donors (Lipinski definition) is 0. The third kappa shape index (κ3) is 3.70. The Morgan fingerprint density at radius 3 is 2.52 bits per heavy atom. The Morgan fingerprint density at radius 1 is 1.17 bits per heavy atom. The van der Waals surface area contributed by atoms with Crippen molar-refractivity contribution in [1.29, 1.82) is 0 Å². The number of aldehydes is 1. The Morgan fingerprint density at radius 2 is 1.90 bits per heavy atom. The maximum Gasteiger partial charge on any atom is 0.150 e. The lowest BCUT2D eigenvalue weighted by Crippen LogP contribution is -2.35. The molecule has 0 amide bonds. The monoisotopic (exact) mass is 454 g/mol. The molecule has 0 unspecified atom stereocenters. The zero-order valence-electron chi connectivity index (χ0n) is 17.4. The number of carbonyl (C=O) groups excluding carboxylic acids is 1. The van der Waals surface area contributed by atoms with Gasteiger partial charge < -0.3 is 9.69 Å². The minimum absolute atomic E-state index is 0.172. The Labute approximate surface area is 180 Å². The number of benzene rings is 1. The van der Waals surface area contributed by atoms with Crippen LogP contribution in [0.3, 0.4) is 0 Å². The molecule has 2 aromatic heterocycles. The summed E-state index contributed by atoms with van der Waals surface area (Å²) in [5.74, 6) is 2.40. The Balaban J connectivity index is 1.83. The van der Waals surface area contributed by atoms with Gasteiger partial charge in [-0.25, -0.2) is 9.97 Å². The molecular weight excluding hydrogens is 428 g/mol. The molecule has 0 spiro atoms. The van der Waals surface area contributed by atoms with Crippen molar-refractivity contribution in [2.75, 3.05) is 18.0 Å². The molecule has 1 aliphatic rings. The van der Waals surface area contributed by atoms with Crippen LogP contribution < -0.4 is 4.90 Å². The van der Waals surface area contributed by atoms with Crippen LogP contribution in [0.4, 0.5) is 5.82 Å². The number of hydrogen-bond acceptors (Lipinski definition) is 4. The highest BCUT2D eigenvalue weighted by Gasteiger charge is 2.24. The SMILES string of the molecule is Cc1nc(N2CCC(C=O)CC2)c2c(C)cn(-c3ccc(C(C)C)cc3Br)c2n1. The van der Waals surface area contributed by atoms with E-state index in [-0.39, 0.29) is 5.92 Å². The minimum Gasteiger partial charge on any atom is -0.356 e. The average Bonchev–Trinajstić information content (AvgIpc) is 3.03. The van der Waals surface area contributed by atoms with E-state index in [0.29, 0.717) is 5.92 Å². The molecule has 1 aromatic carbocycles. The van der Waals surface area contributed by atoms with Gasteiger partial charge in [0.05, 0.1) is 11.1 Å². The van der Waals surface area contributed by atoms with Crippen molar-refractivity contribution in [3.63, 3.8) is 0 Å². The molecule has 0 aliphatic carbocycles. The zero-order chi connectivity index (χ0) is 20.7. The van der Waals surface area contributed by atoms with Crippen LogP contribution in [0.15, 0.2) is 28.9 Å². The van der Waals surface area contributed by atoms with Gasteiger partial charge in [0.2, 0.25) is 0 Å². The Hall–Kier alpha value is -2.21. The molecule has 3 heterocycles. The number of halogens is 1. The fraction of sp³-hybridized carbons (Fsp3) is 0.435. The van der Waals surface area contributed by atoms with Gasteiger partial charge in [-0.15, -0.1) is 0 Å². The van der Waals surface area contributed by atoms with Gasteiger partial charge in [-0.2, -0.15) is 0 Å². The number of aromatic nitrogens is 3. The predicted molar refractivity (Wildman–Crippen MR) is 121 cm³/mol. The molecule has 0 radical (unpaired) electrons.